The third-order valence-corrected chi connectivity index (χ3v) is 4.29. The summed E-state index contributed by atoms with van der Waals surface area (Å²) in [6.45, 7) is 0.544. The molecule has 2 unspecified atom stereocenters. The molecule has 1 heterocycles. The van der Waals surface area contributed by atoms with Crippen LogP contribution in [-0.4, -0.2) is 16.6 Å². The normalized spacial score (nSPS) is 20.7. The molecule has 0 bridgehead atoms. The lowest BCUT2D eigenvalue weighted by molar-refractivity contribution is 0.182. The Morgan fingerprint density at radius 1 is 1.26 bits per heavy atom. The van der Waals surface area contributed by atoms with Crippen molar-refractivity contribution in [2.24, 2.45) is 11.8 Å². The van der Waals surface area contributed by atoms with Crippen LogP contribution in [-0.2, 0) is 0 Å². The lowest BCUT2D eigenvalue weighted by Gasteiger charge is -2.24. The molecule has 2 N–H and O–H groups in total. The summed E-state index contributed by atoms with van der Waals surface area (Å²) in [6, 6.07) is 12.5. The van der Waals surface area contributed by atoms with Gasteiger partial charge in [-0.2, -0.15) is 10.2 Å². The van der Waals surface area contributed by atoms with Gasteiger partial charge in [0.05, 0.1) is 12.7 Å². The van der Waals surface area contributed by atoms with E-state index in [2.05, 4.69) is 16.0 Å². The Labute approximate surface area is 136 Å². The van der Waals surface area contributed by atoms with Crippen LogP contribution in [0.25, 0.3) is 11.1 Å². The smallest absolute Gasteiger partial charge is 0.318 e. The number of ether oxygens (including phenoxy) is 1. The van der Waals surface area contributed by atoms with Crippen molar-refractivity contribution in [1.29, 1.82) is 5.26 Å². The van der Waals surface area contributed by atoms with Crippen LogP contribution in [0, 0.1) is 23.2 Å². The second-order valence-electron chi connectivity index (χ2n) is 5.99. The van der Waals surface area contributed by atoms with Crippen molar-refractivity contribution in [3.8, 4) is 23.2 Å². The predicted molar refractivity (Wildman–Crippen MR) is 88.4 cm³/mol. The first-order chi connectivity index (χ1) is 11.3. The van der Waals surface area contributed by atoms with Gasteiger partial charge in [0, 0.05) is 17.7 Å². The lowest BCUT2D eigenvalue weighted by atomic mass is 9.83. The Bertz CT molecular complexity index is 696. The van der Waals surface area contributed by atoms with Gasteiger partial charge in [0.1, 0.15) is 5.82 Å². The molecule has 1 aliphatic rings. The zero-order chi connectivity index (χ0) is 16.1. The monoisotopic (exact) mass is 308 g/mol. The second kappa shape index (κ2) is 7.10. The van der Waals surface area contributed by atoms with Crippen LogP contribution in [0.1, 0.15) is 25.7 Å². The van der Waals surface area contributed by atoms with Crippen molar-refractivity contribution >= 4 is 5.82 Å². The number of aromatic nitrogens is 2. The Morgan fingerprint density at radius 2 is 2.09 bits per heavy atom. The molecule has 2 aromatic rings. The maximum atomic E-state index is 9.04. The average Bonchev–Trinajstić information content (AvgIpc) is 2.61. The zero-order valence-electron chi connectivity index (χ0n) is 13.0. The maximum Gasteiger partial charge on any atom is 0.318 e. The summed E-state index contributed by atoms with van der Waals surface area (Å²) in [5, 5.41) is 9.04. The minimum atomic E-state index is 0.156. The van der Waals surface area contributed by atoms with Crippen LogP contribution >= 0.6 is 0 Å². The average molecular weight is 308 g/mol. The van der Waals surface area contributed by atoms with Gasteiger partial charge in [0.2, 0.25) is 0 Å². The van der Waals surface area contributed by atoms with Gasteiger partial charge in [-0.1, -0.05) is 36.8 Å². The molecular formula is C18H20N4O. The van der Waals surface area contributed by atoms with E-state index in [4.69, 9.17) is 15.7 Å². The number of nitriles is 1. The number of benzene rings is 1. The number of hydrogen-bond acceptors (Lipinski definition) is 5. The highest BCUT2D eigenvalue weighted by Gasteiger charge is 2.22. The summed E-state index contributed by atoms with van der Waals surface area (Å²) in [7, 11) is 0. The minimum absolute atomic E-state index is 0.156. The number of nitrogen functional groups attached to an aromatic ring is 1. The third kappa shape index (κ3) is 3.78. The topological polar surface area (TPSA) is 84.8 Å². The fourth-order valence-corrected chi connectivity index (χ4v) is 3.04. The fraction of sp³-hybridized carbons (Fsp3) is 0.389. The van der Waals surface area contributed by atoms with Crippen molar-refractivity contribution in [3.05, 3.63) is 36.5 Å². The molecule has 0 radical (unpaired) electrons. The summed E-state index contributed by atoms with van der Waals surface area (Å²) in [6.07, 6.45) is 5.78. The number of nitrogens with zero attached hydrogens (tertiary/aromatic N) is 3. The van der Waals surface area contributed by atoms with Gasteiger partial charge >= 0.3 is 6.01 Å². The van der Waals surface area contributed by atoms with Gasteiger partial charge in [-0.15, -0.1) is 0 Å². The molecule has 1 fully saturated rings. The second-order valence-corrected chi connectivity index (χ2v) is 5.99. The van der Waals surface area contributed by atoms with Crippen molar-refractivity contribution in [2.45, 2.75) is 25.7 Å². The van der Waals surface area contributed by atoms with E-state index in [9.17, 15) is 0 Å². The first kappa shape index (κ1) is 15.3. The highest BCUT2D eigenvalue weighted by atomic mass is 16.5. The Kier molecular flexibility index (Phi) is 4.72. The van der Waals surface area contributed by atoms with Gasteiger partial charge in [0.25, 0.3) is 0 Å². The molecule has 1 aromatic carbocycles. The lowest BCUT2D eigenvalue weighted by Crippen LogP contribution is -2.21. The molecule has 0 spiro atoms. The molecule has 5 nitrogen and oxygen atoms in total. The Morgan fingerprint density at radius 3 is 2.83 bits per heavy atom. The highest BCUT2D eigenvalue weighted by Crippen LogP contribution is 2.29. The van der Waals surface area contributed by atoms with E-state index in [0.29, 0.717) is 24.4 Å². The molecule has 3 rings (SSSR count). The van der Waals surface area contributed by atoms with E-state index in [0.717, 1.165) is 36.8 Å². The molecule has 1 aliphatic carbocycles. The Hall–Kier alpha value is -2.61. The summed E-state index contributed by atoms with van der Waals surface area (Å²) in [4.78, 5) is 8.51. The first-order valence-corrected chi connectivity index (χ1v) is 7.96. The number of anilines is 1. The first-order valence-electron chi connectivity index (χ1n) is 7.96. The van der Waals surface area contributed by atoms with E-state index < -0.39 is 0 Å². The van der Waals surface area contributed by atoms with Crippen LogP contribution in [0.3, 0.4) is 0 Å². The molecule has 23 heavy (non-hydrogen) atoms. The molecule has 2 atom stereocenters. The summed E-state index contributed by atoms with van der Waals surface area (Å²) < 4.78 is 5.70. The largest absolute Gasteiger partial charge is 0.463 e. The van der Waals surface area contributed by atoms with Crippen molar-refractivity contribution in [3.63, 3.8) is 0 Å². The molecule has 0 amide bonds. The summed E-state index contributed by atoms with van der Waals surface area (Å²) >= 11 is 0. The number of hydrogen-bond donors (Lipinski definition) is 1. The molecule has 0 aliphatic heterocycles. The minimum Gasteiger partial charge on any atom is -0.463 e. The predicted octanol–water partition coefficient (Wildman–Crippen LogP) is 3.43. The van der Waals surface area contributed by atoms with Crippen molar-refractivity contribution in [2.75, 3.05) is 12.3 Å². The molecule has 1 aromatic heterocycles. The van der Waals surface area contributed by atoms with E-state index in [1.54, 1.807) is 6.20 Å². The molecule has 118 valence electrons. The number of rotatable bonds is 4. The summed E-state index contributed by atoms with van der Waals surface area (Å²) in [5.41, 5.74) is 7.82. The van der Waals surface area contributed by atoms with E-state index in [1.807, 2.05) is 30.3 Å². The molecule has 1 saturated carbocycles. The van der Waals surface area contributed by atoms with Gasteiger partial charge in [-0.25, -0.2) is 4.98 Å². The van der Waals surface area contributed by atoms with Gasteiger partial charge in [-0.05, 0) is 30.7 Å². The zero-order valence-corrected chi connectivity index (χ0v) is 13.0. The van der Waals surface area contributed by atoms with Crippen LogP contribution in [0.2, 0.25) is 0 Å². The van der Waals surface area contributed by atoms with Crippen molar-refractivity contribution < 1.29 is 4.74 Å². The fourth-order valence-electron chi connectivity index (χ4n) is 3.04. The quantitative estimate of drug-likeness (QED) is 0.935. The van der Waals surface area contributed by atoms with Crippen molar-refractivity contribution in [1.82, 2.24) is 9.97 Å². The van der Waals surface area contributed by atoms with Gasteiger partial charge in [-0.3, -0.25) is 0 Å². The van der Waals surface area contributed by atoms with Gasteiger partial charge < -0.3 is 10.5 Å². The third-order valence-electron chi connectivity index (χ3n) is 4.29. The van der Waals surface area contributed by atoms with E-state index >= 15 is 0 Å². The number of nitrogens with two attached hydrogens (primary N) is 1. The maximum absolute atomic E-state index is 9.04. The molecular weight excluding hydrogens is 288 g/mol. The summed E-state index contributed by atoms with van der Waals surface area (Å²) in [5.74, 6) is 0.968. The Balaban J connectivity index is 1.63. The standard InChI is InChI=1S/C18H20N4O/c19-10-13-5-4-6-14(9-13)12-23-18-21-11-16(17(20)22-18)15-7-2-1-3-8-15/h1-3,7-8,11,13-14H,4-6,9,12H2,(H2,20,21,22). The molecule has 0 saturated heterocycles. The molecule has 5 heteroatoms. The van der Waals surface area contributed by atoms with Crippen LogP contribution in [0.15, 0.2) is 36.5 Å². The van der Waals surface area contributed by atoms with E-state index in [-0.39, 0.29) is 5.92 Å². The van der Waals surface area contributed by atoms with Crippen LogP contribution < -0.4 is 10.5 Å². The van der Waals surface area contributed by atoms with Crippen LogP contribution in [0.4, 0.5) is 5.82 Å². The van der Waals surface area contributed by atoms with Crippen LogP contribution in [0.5, 0.6) is 6.01 Å². The van der Waals surface area contributed by atoms with Gasteiger partial charge in [0.15, 0.2) is 0 Å². The van der Waals surface area contributed by atoms with E-state index in [1.165, 1.54) is 0 Å². The SMILES string of the molecule is N#CC1CCCC(COc2ncc(-c3ccccc3)c(N)n2)C1. The highest BCUT2D eigenvalue weighted by molar-refractivity contribution is 5.72.